The average Bonchev–Trinajstić information content (AvgIpc) is 3.24. The fourth-order valence-electron chi connectivity index (χ4n) is 4.15. The van der Waals surface area contributed by atoms with E-state index in [0.29, 0.717) is 42.2 Å². The second kappa shape index (κ2) is 7.09. The lowest BCUT2D eigenvalue weighted by Gasteiger charge is -2.29. The minimum Gasteiger partial charge on any atom is -0.496 e. The summed E-state index contributed by atoms with van der Waals surface area (Å²) >= 11 is 0. The molecule has 2 aromatic carbocycles. The maximum Gasteiger partial charge on any atom is 0.253 e. The highest BCUT2D eigenvalue weighted by Gasteiger charge is 2.25. The smallest absolute Gasteiger partial charge is 0.253 e. The predicted octanol–water partition coefficient (Wildman–Crippen LogP) is 2.85. The van der Waals surface area contributed by atoms with E-state index in [1.54, 1.807) is 19.4 Å². The van der Waals surface area contributed by atoms with Crippen LogP contribution >= 0.6 is 0 Å². The lowest BCUT2D eigenvalue weighted by molar-refractivity contribution is 0.415. The van der Waals surface area contributed by atoms with Crippen molar-refractivity contribution in [2.75, 3.05) is 30.8 Å². The number of nitrogen functional groups attached to an aromatic ring is 1. The van der Waals surface area contributed by atoms with Gasteiger partial charge in [0.1, 0.15) is 28.6 Å². The molecule has 156 valence electrons. The topological polar surface area (TPSA) is 101 Å². The second-order valence-corrected chi connectivity index (χ2v) is 7.49. The van der Waals surface area contributed by atoms with Gasteiger partial charge in [-0.2, -0.15) is 0 Å². The molecule has 4 aromatic rings. The molecule has 0 radical (unpaired) electrons. The Bertz CT molecular complexity index is 1430. The number of nitrogens with two attached hydrogens (primary N) is 1. The molecule has 3 heterocycles. The van der Waals surface area contributed by atoms with Crippen molar-refractivity contribution in [3.63, 3.8) is 0 Å². The predicted molar refractivity (Wildman–Crippen MR) is 119 cm³/mol. The van der Waals surface area contributed by atoms with Crippen molar-refractivity contribution in [3.8, 4) is 16.9 Å². The first kappa shape index (κ1) is 19.0. The van der Waals surface area contributed by atoms with Crippen LogP contribution in [0.25, 0.3) is 27.7 Å². The maximum atomic E-state index is 13.9. The summed E-state index contributed by atoms with van der Waals surface area (Å²) in [6, 6.07) is 8.25. The number of methoxy groups -OCH3 is 1. The van der Waals surface area contributed by atoms with Crippen molar-refractivity contribution in [1.82, 2.24) is 9.97 Å². The molecule has 8 heteroatoms. The molecule has 1 aliphatic heterocycles. The number of H-pyrrole nitrogens is 1. The first-order valence-corrected chi connectivity index (χ1v) is 9.82. The Hall–Kier alpha value is -3.94. The molecule has 2 aromatic heterocycles. The van der Waals surface area contributed by atoms with Crippen LogP contribution in [0.4, 0.5) is 15.8 Å². The lowest BCUT2D eigenvalue weighted by atomic mass is 10.0. The average molecular weight is 418 g/mol. The summed E-state index contributed by atoms with van der Waals surface area (Å²) in [5.74, 6) is 0.235. The van der Waals surface area contributed by atoms with Gasteiger partial charge in [-0.15, -0.1) is 0 Å². The third-order valence-electron chi connectivity index (χ3n) is 5.78. The monoisotopic (exact) mass is 418 g/mol. The number of fused-ring (bicyclic) bond motifs is 1. The van der Waals surface area contributed by atoms with E-state index in [9.17, 15) is 14.0 Å². The number of rotatable bonds is 4. The fourth-order valence-corrected chi connectivity index (χ4v) is 4.15. The molecule has 5 rings (SSSR count). The SMILES string of the molecule is COc1ccc(F)cc1-c1ccnc2[nH]c(C3=CCN(c4c(N)c(=O)c4=O)CC3)cc12. The molecular weight excluding hydrogens is 399 g/mol. The van der Waals surface area contributed by atoms with Crippen LogP contribution < -0.4 is 26.2 Å². The minimum absolute atomic E-state index is 0.0466. The van der Waals surface area contributed by atoms with Gasteiger partial charge in [-0.05, 0) is 47.9 Å². The van der Waals surface area contributed by atoms with Gasteiger partial charge in [0.05, 0.1) is 7.11 Å². The number of anilines is 2. The molecule has 0 fully saturated rings. The van der Waals surface area contributed by atoms with E-state index >= 15 is 0 Å². The molecule has 0 unspecified atom stereocenters. The van der Waals surface area contributed by atoms with Crippen LogP contribution in [0.15, 0.2) is 52.2 Å². The number of nitrogens with zero attached hydrogens (tertiary/aromatic N) is 2. The number of aromatic amines is 1. The van der Waals surface area contributed by atoms with Crippen molar-refractivity contribution in [3.05, 3.63) is 74.6 Å². The van der Waals surface area contributed by atoms with Gasteiger partial charge in [-0.25, -0.2) is 9.37 Å². The van der Waals surface area contributed by atoms with Gasteiger partial charge in [0.15, 0.2) is 0 Å². The highest BCUT2D eigenvalue weighted by Crippen LogP contribution is 2.36. The zero-order chi connectivity index (χ0) is 21.7. The molecule has 7 nitrogen and oxygen atoms in total. The van der Waals surface area contributed by atoms with E-state index in [-0.39, 0.29) is 11.5 Å². The Morgan fingerprint density at radius 2 is 2.00 bits per heavy atom. The summed E-state index contributed by atoms with van der Waals surface area (Å²) in [6.07, 6.45) is 4.35. The molecule has 0 saturated heterocycles. The van der Waals surface area contributed by atoms with Crippen LogP contribution in [0.1, 0.15) is 12.1 Å². The van der Waals surface area contributed by atoms with E-state index in [4.69, 9.17) is 10.5 Å². The first-order valence-electron chi connectivity index (χ1n) is 9.82. The lowest BCUT2D eigenvalue weighted by Crippen LogP contribution is -2.44. The van der Waals surface area contributed by atoms with Gasteiger partial charge >= 0.3 is 0 Å². The van der Waals surface area contributed by atoms with Crippen LogP contribution in [-0.4, -0.2) is 30.2 Å². The van der Waals surface area contributed by atoms with Crippen LogP contribution in [0.2, 0.25) is 0 Å². The maximum absolute atomic E-state index is 13.9. The van der Waals surface area contributed by atoms with Gasteiger partial charge in [0.2, 0.25) is 0 Å². The Kier molecular flexibility index (Phi) is 4.35. The molecule has 0 bridgehead atoms. The van der Waals surface area contributed by atoms with Crippen LogP contribution in [0.5, 0.6) is 5.75 Å². The van der Waals surface area contributed by atoms with Crippen LogP contribution in [0.3, 0.4) is 0 Å². The molecule has 0 atom stereocenters. The molecule has 0 saturated carbocycles. The van der Waals surface area contributed by atoms with Crippen molar-refractivity contribution < 1.29 is 9.13 Å². The van der Waals surface area contributed by atoms with Gasteiger partial charge in [0, 0.05) is 35.9 Å². The quantitative estimate of drug-likeness (QED) is 0.494. The van der Waals surface area contributed by atoms with E-state index in [2.05, 4.69) is 9.97 Å². The van der Waals surface area contributed by atoms with Crippen LogP contribution in [0, 0.1) is 5.82 Å². The Balaban J connectivity index is 1.51. The van der Waals surface area contributed by atoms with Gasteiger partial charge in [-0.3, -0.25) is 9.59 Å². The molecule has 1 aliphatic rings. The number of hydrogen-bond donors (Lipinski definition) is 2. The highest BCUT2D eigenvalue weighted by atomic mass is 19.1. The molecule has 3 N–H and O–H groups in total. The molecule has 31 heavy (non-hydrogen) atoms. The third-order valence-corrected chi connectivity index (χ3v) is 5.78. The molecule has 0 amide bonds. The Morgan fingerprint density at radius 1 is 1.16 bits per heavy atom. The van der Waals surface area contributed by atoms with E-state index in [1.807, 2.05) is 23.1 Å². The Morgan fingerprint density at radius 3 is 2.71 bits per heavy atom. The van der Waals surface area contributed by atoms with Crippen molar-refractivity contribution in [2.45, 2.75) is 6.42 Å². The molecular formula is C23H19FN4O3. The van der Waals surface area contributed by atoms with Gasteiger partial charge in [-0.1, -0.05) is 6.08 Å². The number of hydrogen-bond acceptors (Lipinski definition) is 6. The number of benzene rings is 1. The van der Waals surface area contributed by atoms with E-state index in [0.717, 1.165) is 22.2 Å². The third kappa shape index (κ3) is 2.99. The van der Waals surface area contributed by atoms with Crippen molar-refractivity contribution in [2.24, 2.45) is 0 Å². The number of halogens is 1. The zero-order valence-electron chi connectivity index (χ0n) is 16.7. The van der Waals surface area contributed by atoms with Crippen molar-refractivity contribution >= 4 is 28.0 Å². The first-order chi connectivity index (χ1) is 15.0. The summed E-state index contributed by atoms with van der Waals surface area (Å²) in [7, 11) is 1.55. The highest BCUT2D eigenvalue weighted by molar-refractivity contribution is 5.96. The molecule has 0 spiro atoms. The van der Waals surface area contributed by atoms with Gasteiger partial charge < -0.3 is 20.4 Å². The minimum atomic E-state index is -0.605. The normalized spacial score (nSPS) is 14.3. The summed E-state index contributed by atoms with van der Waals surface area (Å²) in [4.78, 5) is 32.8. The summed E-state index contributed by atoms with van der Waals surface area (Å²) in [5.41, 5.74) is 9.07. The van der Waals surface area contributed by atoms with Crippen LogP contribution in [-0.2, 0) is 0 Å². The van der Waals surface area contributed by atoms with E-state index < -0.39 is 10.9 Å². The van der Waals surface area contributed by atoms with Crippen molar-refractivity contribution in [1.29, 1.82) is 0 Å². The summed E-state index contributed by atoms with van der Waals surface area (Å²) in [5, 5.41) is 0.858. The number of pyridine rings is 1. The van der Waals surface area contributed by atoms with E-state index in [1.165, 1.54) is 12.1 Å². The number of ether oxygens (including phenoxy) is 1. The number of aromatic nitrogens is 2. The number of nitrogens with one attached hydrogen (secondary N) is 1. The Labute approximate surface area is 176 Å². The largest absolute Gasteiger partial charge is 0.496 e. The fraction of sp³-hybridized carbons (Fsp3) is 0.174. The summed E-state index contributed by atoms with van der Waals surface area (Å²) in [6.45, 7) is 1.06. The second-order valence-electron chi connectivity index (χ2n) is 7.49. The zero-order valence-corrected chi connectivity index (χ0v) is 16.7. The van der Waals surface area contributed by atoms with Gasteiger partial charge in [0.25, 0.3) is 10.9 Å². The standard InChI is InChI=1S/C23H19FN4O3/c1-31-18-3-2-13(24)10-15(18)14-4-7-26-23-16(14)11-17(27-23)12-5-8-28(9-6-12)20-19(25)21(29)22(20)30/h2-5,7,10-11H,6,8-9,25H2,1H3,(H,26,27). The molecule has 0 aliphatic carbocycles. The summed E-state index contributed by atoms with van der Waals surface area (Å²) < 4.78 is 19.4.